The highest BCUT2D eigenvalue weighted by atomic mass is 35.5. The summed E-state index contributed by atoms with van der Waals surface area (Å²) in [5, 5.41) is 0. The van der Waals surface area contributed by atoms with Crippen molar-refractivity contribution in [2.45, 2.75) is 13.8 Å². The van der Waals surface area contributed by atoms with E-state index in [0.29, 0.717) is 13.2 Å². The van der Waals surface area contributed by atoms with Crippen molar-refractivity contribution in [2.75, 3.05) is 13.2 Å². The van der Waals surface area contributed by atoms with Gasteiger partial charge in [-0.25, -0.2) is 0 Å². The monoisotopic (exact) mass is 370 g/mol. The summed E-state index contributed by atoms with van der Waals surface area (Å²) < 4.78 is 11.5. The van der Waals surface area contributed by atoms with Crippen LogP contribution in [0.3, 0.4) is 0 Å². The lowest BCUT2D eigenvalue weighted by Gasteiger charge is -2.11. The first kappa shape index (κ1) is 22.3. The quantitative estimate of drug-likeness (QED) is 0.509. The van der Waals surface area contributed by atoms with Crippen molar-refractivity contribution in [3.63, 3.8) is 0 Å². The van der Waals surface area contributed by atoms with Gasteiger partial charge >= 0.3 is 0 Å². The molecule has 2 aromatic rings. The molecule has 0 aromatic heterocycles. The average Bonchev–Trinajstić information content (AvgIpc) is 2.45. The molecule has 24 heavy (non-hydrogen) atoms. The van der Waals surface area contributed by atoms with E-state index < -0.39 is 0 Å². The maximum Gasteiger partial charge on any atom is 0.180 e. The molecular formula is C18H24Cl2N2O2. The Balaban J connectivity index is 0.00000264. The number of quaternary nitrogens is 2. The van der Waals surface area contributed by atoms with Crippen molar-refractivity contribution in [3.05, 3.63) is 59.7 Å². The second-order valence-corrected chi connectivity index (χ2v) is 5.55. The van der Waals surface area contributed by atoms with Crippen molar-refractivity contribution in [3.8, 4) is 11.5 Å². The normalized spacial score (nSPS) is 9.50. The second-order valence-electron chi connectivity index (χ2n) is 5.55. The number of halogens is 2. The van der Waals surface area contributed by atoms with E-state index in [0.717, 1.165) is 28.4 Å². The van der Waals surface area contributed by atoms with E-state index >= 15 is 0 Å². The second kappa shape index (κ2) is 10.2. The van der Waals surface area contributed by atoms with Gasteiger partial charge < -0.3 is 45.8 Å². The lowest BCUT2D eigenvalue weighted by atomic mass is 10.2. The van der Waals surface area contributed by atoms with Gasteiger partial charge in [0.15, 0.2) is 22.9 Å². The molecule has 0 bridgehead atoms. The predicted molar refractivity (Wildman–Crippen MR) is 87.6 cm³/mol. The lowest BCUT2D eigenvalue weighted by molar-refractivity contribution is -0.257. The van der Waals surface area contributed by atoms with Crippen molar-refractivity contribution >= 4 is 11.4 Å². The molecule has 6 N–H and O–H groups in total. The molecule has 0 spiro atoms. The molecule has 6 heteroatoms. The van der Waals surface area contributed by atoms with Gasteiger partial charge in [-0.2, -0.15) is 0 Å². The third-order valence-electron chi connectivity index (χ3n) is 3.30. The molecule has 0 saturated heterocycles. The van der Waals surface area contributed by atoms with Crippen LogP contribution in [0.5, 0.6) is 11.5 Å². The molecular weight excluding hydrogens is 347 g/mol. The number of benzene rings is 2. The molecule has 2 aromatic carbocycles. The van der Waals surface area contributed by atoms with Crippen LogP contribution in [-0.4, -0.2) is 13.2 Å². The highest BCUT2D eigenvalue weighted by molar-refractivity contribution is 5.48. The maximum absolute atomic E-state index is 5.73. The van der Waals surface area contributed by atoms with Crippen molar-refractivity contribution in [1.82, 2.24) is 0 Å². The standard InChI is InChI=1S/C18H22N2O2.2ClH/c1-12-4-6-17(15(19)8-12)21-10-14(3)11-22-18-7-5-13(2)9-16(18)20;;/h4-9H,3,10-11,19-20H2,1-2H3;2*1H. The Morgan fingerprint density at radius 2 is 1.21 bits per heavy atom. The molecule has 0 amide bonds. The molecule has 0 aliphatic carbocycles. The topological polar surface area (TPSA) is 73.7 Å². The Kier molecular flexibility index (Phi) is 9.48. The van der Waals surface area contributed by atoms with Gasteiger partial charge in [-0.05, 0) is 42.7 Å². The summed E-state index contributed by atoms with van der Waals surface area (Å²) in [6.45, 7) is 8.86. The molecule has 0 saturated carbocycles. The minimum absolute atomic E-state index is 0. The van der Waals surface area contributed by atoms with Gasteiger partial charge in [0.05, 0.1) is 0 Å². The SMILES string of the molecule is C=C(COc1ccc(C)cc1[NH3+])COc1ccc(C)cc1[NH3+].[Cl-].[Cl-]. The number of hydrogen-bond donors (Lipinski definition) is 2. The van der Waals surface area contributed by atoms with Crippen LogP contribution in [0, 0.1) is 13.8 Å². The Morgan fingerprint density at radius 3 is 1.54 bits per heavy atom. The fourth-order valence-corrected chi connectivity index (χ4v) is 2.10. The van der Waals surface area contributed by atoms with Crippen LogP contribution < -0.4 is 45.8 Å². The van der Waals surface area contributed by atoms with Crippen LogP contribution in [0.2, 0.25) is 0 Å². The van der Waals surface area contributed by atoms with Gasteiger partial charge in [0.1, 0.15) is 13.2 Å². The summed E-state index contributed by atoms with van der Waals surface area (Å²) in [7, 11) is 0. The molecule has 0 atom stereocenters. The van der Waals surface area contributed by atoms with Crippen molar-refractivity contribution in [2.24, 2.45) is 0 Å². The fourth-order valence-electron chi connectivity index (χ4n) is 2.10. The fraction of sp³-hybridized carbons (Fsp3) is 0.222. The largest absolute Gasteiger partial charge is 1.00 e. The van der Waals surface area contributed by atoms with E-state index in [9.17, 15) is 0 Å². The number of rotatable bonds is 6. The highest BCUT2D eigenvalue weighted by Gasteiger charge is 2.07. The van der Waals surface area contributed by atoms with Crippen LogP contribution in [-0.2, 0) is 0 Å². The summed E-state index contributed by atoms with van der Waals surface area (Å²) >= 11 is 0. The third-order valence-corrected chi connectivity index (χ3v) is 3.30. The molecule has 0 heterocycles. The van der Waals surface area contributed by atoms with Crippen LogP contribution in [0.25, 0.3) is 0 Å². The minimum Gasteiger partial charge on any atom is -1.00 e. The molecule has 0 fully saturated rings. The molecule has 0 unspecified atom stereocenters. The Morgan fingerprint density at radius 1 is 0.833 bits per heavy atom. The summed E-state index contributed by atoms with van der Waals surface area (Å²) in [4.78, 5) is 0. The summed E-state index contributed by atoms with van der Waals surface area (Å²) in [6.07, 6.45) is 0. The Hall–Kier alpha value is -1.72. The number of hydrogen-bond acceptors (Lipinski definition) is 2. The Bertz CT molecular complexity index is 633. The lowest BCUT2D eigenvalue weighted by Crippen LogP contribution is -3.00. The summed E-state index contributed by atoms with van der Waals surface area (Å²) in [5.74, 6) is 1.56. The van der Waals surface area contributed by atoms with E-state index in [-0.39, 0.29) is 24.8 Å². The van der Waals surface area contributed by atoms with Gasteiger partial charge in [0.2, 0.25) is 0 Å². The van der Waals surface area contributed by atoms with Crippen molar-refractivity contribution < 1.29 is 45.8 Å². The molecule has 0 radical (unpaired) electrons. The minimum atomic E-state index is 0. The van der Waals surface area contributed by atoms with E-state index in [4.69, 9.17) is 9.47 Å². The summed E-state index contributed by atoms with van der Waals surface area (Å²) in [5.41, 5.74) is 12.9. The van der Waals surface area contributed by atoms with E-state index in [1.54, 1.807) is 0 Å². The van der Waals surface area contributed by atoms with Crippen LogP contribution in [0.1, 0.15) is 11.1 Å². The smallest absolute Gasteiger partial charge is 0.180 e. The molecule has 0 aliphatic heterocycles. The first-order valence-electron chi connectivity index (χ1n) is 7.23. The zero-order valence-corrected chi connectivity index (χ0v) is 15.6. The zero-order chi connectivity index (χ0) is 16.1. The van der Waals surface area contributed by atoms with Crippen LogP contribution >= 0.6 is 0 Å². The van der Waals surface area contributed by atoms with Crippen molar-refractivity contribution in [1.29, 1.82) is 0 Å². The first-order chi connectivity index (χ1) is 10.5. The predicted octanol–water partition coefficient (Wildman–Crippen LogP) is -3.93. The molecule has 4 nitrogen and oxygen atoms in total. The van der Waals surface area contributed by atoms with Gasteiger partial charge in [-0.1, -0.05) is 18.7 Å². The van der Waals surface area contributed by atoms with Gasteiger partial charge in [0, 0.05) is 12.1 Å². The van der Waals surface area contributed by atoms with Gasteiger partial charge in [-0.15, -0.1) is 0 Å². The number of aryl methyl sites for hydroxylation is 2. The van der Waals surface area contributed by atoms with Crippen LogP contribution in [0.15, 0.2) is 48.6 Å². The van der Waals surface area contributed by atoms with Gasteiger partial charge in [-0.3, -0.25) is 0 Å². The highest BCUT2D eigenvalue weighted by Crippen LogP contribution is 2.22. The van der Waals surface area contributed by atoms with E-state index in [1.165, 1.54) is 11.1 Å². The van der Waals surface area contributed by atoms with Gasteiger partial charge in [0.25, 0.3) is 0 Å². The summed E-state index contributed by atoms with van der Waals surface area (Å²) in [6, 6.07) is 11.9. The Labute approximate surface area is 155 Å². The average molecular weight is 371 g/mol. The van der Waals surface area contributed by atoms with Crippen LogP contribution in [0.4, 0.5) is 11.4 Å². The van der Waals surface area contributed by atoms with E-state index in [2.05, 4.69) is 18.0 Å². The first-order valence-corrected chi connectivity index (χ1v) is 7.23. The molecule has 2 rings (SSSR count). The maximum atomic E-state index is 5.73. The molecule has 132 valence electrons. The third kappa shape index (κ3) is 6.42. The number of ether oxygens (including phenoxy) is 2. The zero-order valence-electron chi connectivity index (χ0n) is 14.1. The van der Waals surface area contributed by atoms with E-state index in [1.807, 2.05) is 50.2 Å². The molecule has 0 aliphatic rings.